The molecule has 0 aromatic heterocycles. The van der Waals surface area contributed by atoms with Gasteiger partial charge in [-0.05, 0) is 78.5 Å². The van der Waals surface area contributed by atoms with Gasteiger partial charge in [0.2, 0.25) is 0 Å². The molecule has 0 spiro atoms. The van der Waals surface area contributed by atoms with Crippen LogP contribution in [0.2, 0.25) is 0 Å². The zero-order chi connectivity index (χ0) is 21.2. The van der Waals surface area contributed by atoms with Crippen molar-refractivity contribution in [2.75, 3.05) is 0 Å². The van der Waals surface area contributed by atoms with E-state index in [0.29, 0.717) is 12.3 Å². The molecule has 3 aliphatic carbocycles. The summed E-state index contributed by atoms with van der Waals surface area (Å²) >= 11 is 6.71. The second-order valence-corrected chi connectivity index (χ2v) is 11.5. The van der Waals surface area contributed by atoms with E-state index in [-0.39, 0.29) is 28.4 Å². The number of hydrogen-bond donors (Lipinski definition) is 2. The molecule has 6 atom stereocenters. The molecule has 0 amide bonds. The molecule has 162 valence electrons. The maximum absolute atomic E-state index is 11.5. The monoisotopic (exact) mass is 464 g/mol. The Labute approximate surface area is 176 Å². The van der Waals surface area contributed by atoms with Gasteiger partial charge >= 0.3 is 20.6 Å². The number of halogens is 1. The maximum Gasteiger partial charge on any atom is 0.380 e. The predicted octanol–water partition coefficient (Wildman–Crippen LogP) is 2.45. The van der Waals surface area contributed by atoms with E-state index in [1.807, 2.05) is 6.07 Å². The first kappa shape index (κ1) is 21.3. The van der Waals surface area contributed by atoms with Crippen LogP contribution in [0.25, 0.3) is 0 Å². The van der Waals surface area contributed by atoms with Crippen LogP contribution in [0.1, 0.15) is 61.4 Å². The topological polar surface area (TPSA) is 139 Å². The van der Waals surface area contributed by atoms with Gasteiger partial charge in [-0.3, -0.25) is 4.18 Å². The number of hydrogen-bond acceptors (Lipinski definition) is 6. The lowest BCUT2D eigenvalue weighted by Gasteiger charge is -2.51. The summed E-state index contributed by atoms with van der Waals surface area (Å²) in [6.45, 7) is 2.10. The predicted molar refractivity (Wildman–Crippen MR) is 108 cm³/mol. The van der Waals surface area contributed by atoms with Crippen LogP contribution in [-0.4, -0.2) is 22.9 Å². The molecule has 0 radical (unpaired) electrons. The second kappa shape index (κ2) is 7.06. The number of benzene rings is 1. The summed E-state index contributed by atoms with van der Waals surface area (Å²) in [7, 11) is -8.11. The van der Waals surface area contributed by atoms with Gasteiger partial charge in [0.25, 0.3) is 0 Å². The van der Waals surface area contributed by atoms with Gasteiger partial charge in [0.1, 0.15) is 5.75 Å². The molecule has 2 fully saturated rings. The third-order valence-corrected chi connectivity index (χ3v) is 8.43. The number of nitrogens with two attached hydrogens (primary N) is 2. The van der Waals surface area contributed by atoms with Crippen LogP contribution in [-0.2, 0) is 24.8 Å². The average Bonchev–Trinajstić information content (AvgIpc) is 2.89. The molecule has 1 aromatic carbocycles. The summed E-state index contributed by atoms with van der Waals surface area (Å²) in [4.78, 5) is 0. The standard InChI is InChI=1S/C18H25ClN2O6S2/c1-18-7-6-12-11-3-2-10(26-28(20,22)23)8-14(11)16(19)9-13(12)15(18)4-5-17(18)27-29(21,24)25/h2-3,8,12-13,15-17H,4-7,9H2,1H3,(H2,20,22,23)(H2,21,24,25)/t12-,13-,15+,16-,17+,18+/m1/s1. The summed E-state index contributed by atoms with van der Waals surface area (Å²) in [5.41, 5.74) is 1.70. The minimum absolute atomic E-state index is 0.151. The van der Waals surface area contributed by atoms with E-state index in [9.17, 15) is 16.8 Å². The third-order valence-electron chi connectivity index (χ3n) is 7.09. The van der Waals surface area contributed by atoms with Gasteiger partial charge in [0, 0.05) is 0 Å². The molecule has 0 heterocycles. The largest absolute Gasteiger partial charge is 0.380 e. The second-order valence-electron chi connectivity index (χ2n) is 8.65. The summed E-state index contributed by atoms with van der Waals surface area (Å²) in [5, 5.41) is 9.81. The van der Waals surface area contributed by atoms with Crippen LogP contribution in [0.5, 0.6) is 5.75 Å². The molecule has 2 saturated carbocycles. The van der Waals surface area contributed by atoms with Crippen molar-refractivity contribution in [3.05, 3.63) is 29.3 Å². The highest BCUT2D eigenvalue weighted by Crippen LogP contribution is 2.63. The van der Waals surface area contributed by atoms with E-state index < -0.39 is 26.7 Å². The Morgan fingerprint density at radius 3 is 2.45 bits per heavy atom. The number of alkyl halides is 1. The van der Waals surface area contributed by atoms with Gasteiger partial charge < -0.3 is 4.18 Å². The lowest BCUT2D eigenvalue weighted by atomic mass is 9.55. The lowest BCUT2D eigenvalue weighted by Crippen LogP contribution is -2.45. The minimum atomic E-state index is -4.10. The Morgan fingerprint density at radius 2 is 1.79 bits per heavy atom. The molecular formula is C18H25ClN2O6S2. The fraction of sp³-hybridized carbons (Fsp3) is 0.667. The van der Waals surface area contributed by atoms with Crippen molar-refractivity contribution in [2.24, 2.45) is 27.5 Å². The van der Waals surface area contributed by atoms with E-state index in [1.54, 1.807) is 12.1 Å². The molecule has 4 N–H and O–H groups in total. The highest BCUT2D eigenvalue weighted by molar-refractivity contribution is 7.84. The van der Waals surface area contributed by atoms with E-state index >= 15 is 0 Å². The maximum atomic E-state index is 11.5. The average molecular weight is 465 g/mol. The molecule has 1 aromatic rings. The van der Waals surface area contributed by atoms with Crippen LogP contribution in [0.3, 0.4) is 0 Å². The van der Waals surface area contributed by atoms with Gasteiger partial charge in [-0.2, -0.15) is 22.0 Å². The van der Waals surface area contributed by atoms with Gasteiger partial charge in [-0.15, -0.1) is 11.6 Å². The number of fused-ring (bicyclic) bond motifs is 5. The van der Waals surface area contributed by atoms with Crippen molar-refractivity contribution in [3.8, 4) is 5.75 Å². The zero-order valence-electron chi connectivity index (χ0n) is 16.0. The SMILES string of the molecule is C[C@]12CC[C@@H]3c4ccc(OS(N)(=O)=O)cc4[C@H](Cl)C[C@H]3[C@@H]1CC[C@@H]2OS(N)(=O)=O. The minimum Gasteiger partial charge on any atom is -0.371 e. The zero-order valence-corrected chi connectivity index (χ0v) is 18.3. The Bertz CT molecular complexity index is 1030. The molecule has 0 bridgehead atoms. The first-order valence-corrected chi connectivity index (χ1v) is 13.0. The van der Waals surface area contributed by atoms with E-state index in [2.05, 4.69) is 6.92 Å². The molecule has 29 heavy (non-hydrogen) atoms. The van der Waals surface area contributed by atoms with Crippen molar-refractivity contribution in [3.63, 3.8) is 0 Å². The Kier molecular flexibility index (Phi) is 5.20. The normalized spacial score (nSPS) is 36.8. The Morgan fingerprint density at radius 1 is 1.07 bits per heavy atom. The number of rotatable bonds is 4. The Balaban J connectivity index is 1.63. The van der Waals surface area contributed by atoms with E-state index in [1.165, 1.54) is 0 Å². The molecular weight excluding hydrogens is 440 g/mol. The fourth-order valence-electron chi connectivity index (χ4n) is 5.99. The van der Waals surface area contributed by atoms with Gasteiger partial charge in [0.05, 0.1) is 11.5 Å². The summed E-state index contributed by atoms with van der Waals surface area (Å²) in [5.74, 6) is 0.999. The van der Waals surface area contributed by atoms with Crippen LogP contribution >= 0.6 is 11.6 Å². The molecule has 0 unspecified atom stereocenters. The van der Waals surface area contributed by atoms with Gasteiger partial charge in [-0.1, -0.05) is 13.0 Å². The van der Waals surface area contributed by atoms with Crippen LogP contribution in [0.4, 0.5) is 0 Å². The molecule has 0 aliphatic heterocycles. The summed E-state index contributed by atoms with van der Waals surface area (Å²) < 4.78 is 55.5. The van der Waals surface area contributed by atoms with Gasteiger partial charge in [0.15, 0.2) is 0 Å². The highest BCUT2D eigenvalue weighted by atomic mass is 35.5. The van der Waals surface area contributed by atoms with Crippen molar-refractivity contribution in [1.29, 1.82) is 0 Å². The molecule has 8 nitrogen and oxygen atoms in total. The molecule has 4 rings (SSSR count). The van der Waals surface area contributed by atoms with E-state index in [0.717, 1.165) is 36.8 Å². The van der Waals surface area contributed by atoms with Crippen molar-refractivity contribution >= 4 is 32.2 Å². The van der Waals surface area contributed by atoms with Gasteiger partial charge in [-0.25, -0.2) is 5.14 Å². The molecule has 3 aliphatic rings. The quantitative estimate of drug-likeness (QED) is 0.656. The van der Waals surface area contributed by atoms with Crippen LogP contribution < -0.4 is 14.5 Å². The van der Waals surface area contributed by atoms with Crippen molar-refractivity contribution in [1.82, 2.24) is 0 Å². The van der Waals surface area contributed by atoms with E-state index in [4.69, 9.17) is 30.2 Å². The fourth-order valence-corrected chi connectivity index (χ4v) is 7.39. The highest BCUT2D eigenvalue weighted by Gasteiger charge is 2.57. The summed E-state index contributed by atoms with van der Waals surface area (Å²) in [6, 6.07) is 5.13. The molecule has 0 saturated heterocycles. The lowest BCUT2D eigenvalue weighted by molar-refractivity contribution is -0.00850. The first-order valence-electron chi connectivity index (χ1n) is 9.58. The van der Waals surface area contributed by atoms with Crippen molar-refractivity contribution < 1.29 is 25.2 Å². The molecule has 11 heteroatoms. The van der Waals surface area contributed by atoms with Crippen molar-refractivity contribution in [2.45, 2.75) is 56.4 Å². The third kappa shape index (κ3) is 4.03. The summed E-state index contributed by atoms with van der Waals surface area (Å²) in [6.07, 6.45) is 3.52. The first-order chi connectivity index (χ1) is 13.4. The van der Waals surface area contributed by atoms with Crippen LogP contribution in [0, 0.1) is 17.3 Å². The Hall–Kier alpha value is -0.910. The smallest absolute Gasteiger partial charge is 0.371 e. The van der Waals surface area contributed by atoms with Crippen LogP contribution in [0.15, 0.2) is 18.2 Å².